The van der Waals surface area contributed by atoms with Crippen molar-refractivity contribution in [3.8, 4) is 17.2 Å². The molecule has 19 heteroatoms. The third kappa shape index (κ3) is 16.4. The number of methoxy groups -OCH3 is 1. The van der Waals surface area contributed by atoms with Crippen molar-refractivity contribution in [2.45, 2.75) is 71.2 Å². The van der Waals surface area contributed by atoms with E-state index in [1.165, 1.54) is 36.3 Å². The summed E-state index contributed by atoms with van der Waals surface area (Å²) in [6, 6.07) is 17.7. The molecule has 0 radical (unpaired) electrons. The maximum absolute atomic E-state index is 13.1. The number of esters is 1. The molecular formula is C47H56Cl3F3N4O9. The highest BCUT2D eigenvalue weighted by Crippen LogP contribution is 2.29. The highest BCUT2D eigenvalue weighted by atomic mass is 35.5. The van der Waals surface area contributed by atoms with Gasteiger partial charge in [-0.15, -0.1) is 24.8 Å². The molecule has 0 aliphatic heterocycles. The number of anilines is 1. The predicted octanol–water partition coefficient (Wildman–Crippen LogP) is 8.75. The second-order valence-electron chi connectivity index (χ2n) is 14.0. The molecular weight excluding hydrogens is 928 g/mol. The van der Waals surface area contributed by atoms with E-state index in [9.17, 15) is 37.1 Å². The van der Waals surface area contributed by atoms with E-state index in [2.05, 4.69) is 20.1 Å². The molecule has 0 bridgehead atoms. The lowest BCUT2D eigenvalue weighted by Gasteiger charge is -2.25. The van der Waals surface area contributed by atoms with Gasteiger partial charge in [0.1, 0.15) is 36.4 Å². The van der Waals surface area contributed by atoms with Crippen molar-refractivity contribution < 1.29 is 46.5 Å². The molecule has 0 N–H and O–H groups in total. The molecule has 13 nitrogen and oxygen atoms in total. The number of ether oxygens (including phenoxy) is 4. The molecule has 2 amide bonds. The summed E-state index contributed by atoms with van der Waals surface area (Å²) in [5, 5.41) is 0. The van der Waals surface area contributed by atoms with E-state index in [1.807, 2.05) is 57.2 Å². The molecule has 4 rings (SSSR count). The van der Waals surface area contributed by atoms with Crippen molar-refractivity contribution in [1.29, 1.82) is 0 Å². The van der Waals surface area contributed by atoms with Gasteiger partial charge in [-0.1, -0.05) is 79.5 Å². The van der Waals surface area contributed by atoms with Crippen molar-refractivity contribution >= 4 is 58.3 Å². The Morgan fingerprint density at radius 1 is 0.909 bits per heavy atom. The maximum atomic E-state index is 13.1. The van der Waals surface area contributed by atoms with E-state index >= 15 is 0 Å². The molecule has 0 saturated heterocycles. The fourth-order valence-corrected chi connectivity index (χ4v) is 6.47. The summed E-state index contributed by atoms with van der Waals surface area (Å²) >= 11 is 16.5. The van der Waals surface area contributed by atoms with Crippen LogP contribution in [0.25, 0.3) is 5.69 Å². The number of benzene rings is 3. The summed E-state index contributed by atoms with van der Waals surface area (Å²) in [4.78, 5) is 61.7. The largest absolute Gasteiger partial charge is 0.489 e. The standard InChI is InChI=1S/C25H25F3N2O6.C14H20ClNO2.C8H11Cl2NO/c1-5-16-6-7-17(20(12-16)36-15(2)23(32)34-4)14-35-19-10-8-18(9-11-19)30-22(31)13-21(25(26,27)28)29(3)24(30)33;1-4-12-8-6-7-11(3)14(12)16(10-18-5-2)13(17)9-15;1-3-5-11(6-4-2)8(12)7(9)10/h6-13,15H,5,14H2,1-4H3;6-8H,4-5,9-10H2,1-3H3;3-4,7H,1-2,5-6H2. The molecule has 1 atom stereocenters. The third-order valence-corrected chi connectivity index (χ3v) is 10.1. The first-order chi connectivity index (χ1) is 31.2. The van der Waals surface area contributed by atoms with Crippen LogP contribution in [0.5, 0.6) is 11.5 Å². The van der Waals surface area contributed by atoms with Crippen LogP contribution in [0.1, 0.15) is 55.6 Å². The van der Waals surface area contributed by atoms with E-state index in [1.54, 1.807) is 24.0 Å². The van der Waals surface area contributed by atoms with Gasteiger partial charge in [0.15, 0.2) is 10.9 Å². The minimum Gasteiger partial charge on any atom is -0.489 e. The quantitative estimate of drug-likeness (QED) is 0.0391. The number of nitrogens with zero attached hydrogens (tertiary/aromatic N) is 4. The van der Waals surface area contributed by atoms with Gasteiger partial charge in [0.2, 0.25) is 5.91 Å². The summed E-state index contributed by atoms with van der Waals surface area (Å²) in [7, 11) is 2.22. The van der Waals surface area contributed by atoms with Crippen molar-refractivity contribution in [3.63, 3.8) is 0 Å². The lowest BCUT2D eigenvalue weighted by molar-refractivity contribution is -0.148. The minimum absolute atomic E-state index is 0.0371. The molecule has 1 heterocycles. The fourth-order valence-electron chi connectivity index (χ4n) is 6.05. The third-order valence-electron chi connectivity index (χ3n) is 9.49. The number of amides is 2. The predicted molar refractivity (Wildman–Crippen MR) is 252 cm³/mol. The average Bonchev–Trinajstić information content (AvgIpc) is 3.29. The number of hydrogen-bond donors (Lipinski definition) is 0. The first kappa shape index (κ1) is 56.6. The summed E-state index contributed by atoms with van der Waals surface area (Å²) < 4.78 is 61.9. The SMILES string of the molecule is C=CCN(CC=C)C(=O)C(Cl)Cl.CCOCN(C(=O)CCl)c1c(C)cccc1CC.CCc1ccc(COc2ccc(-n3c(=O)cc(C(F)(F)F)n(C)c3=O)cc2)c(OC(C)C(=O)OC)c1. The van der Waals surface area contributed by atoms with Crippen molar-refractivity contribution in [2.24, 2.45) is 7.05 Å². The zero-order chi connectivity index (χ0) is 49.7. The number of hydrogen-bond acceptors (Lipinski definition) is 9. The van der Waals surface area contributed by atoms with Crippen LogP contribution in [0.2, 0.25) is 0 Å². The normalized spacial score (nSPS) is 11.2. The lowest BCUT2D eigenvalue weighted by Crippen LogP contribution is -2.40. The van der Waals surface area contributed by atoms with Gasteiger partial charge in [0, 0.05) is 38.4 Å². The van der Waals surface area contributed by atoms with Crippen molar-refractivity contribution in [2.75, 3.05) is 44.3 Å². The molecule has 0 aliphatic carbocycles. The zero-order valence-corrected chi connectivity index (χ0v) is 40.2. The highest BCUT2D eigenvalue weighted by molar-refractivity contribution is 6.53. The van der Waals surface area contributed by atoms with Gasteiger partial charge in [-0.25, -0.2) is 14.2 Å². The Kier molecular flexibility index (Phi) is 23.8. The number of aryl methyl sites for hydroxylation is 3. The first-order valence-electron chi connectivity index (χ1n) is 20.6. The Bertz CT molecular complexity index is 2360. The molecule has 360 valence electrons. The number of halogens is 6. The summed E-state index contributed by atoms with van der Waals surface area (Å²) in [5.74, 6) is -0.174. The second kappa shape index (κ2) is 27.8. The van der Waals surface area contributed by atoms with E-state index in [0.29, 0.717) is 52.0 Å². The molecule has 4 aromatic rings. The number of para-hydroxylation sites is 1. The molecule has 3 aromatic carbocycles. The molecule has 66 heavy (non-hydrogen) atoms. The smallest absolute Gasteiger partial charge is 0.431 e. The van der Waals surface area contributed by atoms with Crippen LogP contribution in [-0.2, 0) is 56.5 Å². The van der Waals surface area contributed by atoms with E-state index in [0.717, 1.165) is 42.3 Å². The van der Waals surface area contributed by atoms with Gasteiger partial charge < -0.3 is 23.8 Å². The van der Waals surface area contributed by atoms with Crippen LogP contribution in [0.15, 0.2) is 102 Å². The number of rotatable bonds is 19. The summed E-state index contributed by atoms with van der Waals surface area (Å²) in [6.07, 6.45) is -0.820. The lowest BCUT2D eigenvalue weighted by atomic mass is 10.0. The average molecular weight is 984 g/mol. The van der Waals surface area contributed by atoms with Crippen LogP contribution < -0.4 is 25.6 Å². The summed E-state index contributed by atoms with van der Waals surface area (Å²) in [6.45, 7) is 18.3. The van der Waals surface area contributed by atoms with Crippen LogP contribution >= 0.6 is 34.8 Å². The van der Waals surface area contributed by atoms with Crippen LogP contribution in [0, 0.1) is 6.92 Å². The van der Waals surface area contributed by atoms with Crippen molar-refractivity contribution in [1.82, 2.24) is 14.0 Å². The highest BCUT2D eigenvalue weighted by Gasteiger charge is 2.35. The number of alkyl halides is 6. The molecule has 1 aromatic heterocycles. The Morgan fingerprint density at radius 3 is 2.06 bits per heavy atom. The summed E-state index contributed by atoms with van der Waals surface area (Å²) in [5.41, 5.74) is 1.32. The van der Waals surface area contributed by atoms with Gasteiger partial charge in [-0.3, -0.25) is 23.9 Å². The number of carbonyl (C=O) groups excluding carboxylic acids is 3. The monoisotopic (exact) mass is 982 g/mol. The van der Waals surface area contributed by atoms with Crippen LogP contribution in [-0.4, -0.2) is 82.2 Å². The first-order valence-corrected chi connectivity index (χ1v) is 22.0. The van der Waals surface area contributed by atoms with E-state index < -0.39 is 40.0 Å². The molecule has 0 fully saturated rings. The van der Waals surface area contributed by atoms with Crippen LogP contribution in [0.4, 0.5) is 18.9 Å². The number of aromatic nitrogens is 2. The second-order valence-corrected chi connectivity index (χ2v) is 15.4. The van der Waals surface area contributed by atoms with E-state index in [4.69, 9.17) is 53.8 Å². The fraction of sp³-hybridized carbons (Fsp3) is 0.383. The molecule has 0 aliphatic rings. The Balaban J connectivity index is 0.000000412. The van der Waals surface area contributed by atoms with Gasteiger partial charge in [-0.05, 0) is 80.6 Å². The Labute approximate surface area is 397 Å². The molecule has 0 spiro atoms. The van der Waals surface area contributed by atoms with Crippen LogP contribution in [0.3, 0.4) is 0 Å². The Hall–Kier alpha value is -5.55. The Morgan fingerprint density at radius 2 is 1.55 bits per heavy atom. The minimum atomic E-state index is -4.84. The zero-order valence-electron chi connectivity index (χ0n) is 38.0. The van der Waals surface area contributed by atoms with E-state index in [-0.39, 0.29) is 36.7 Å². The van der Waals surface area contributed by atoms with Crippen molar-refractivity contribution in [3.05, 3.63) is 141 Å². The topological polar surface area (TPSA) is 139 Å². The van der Waals surface area contributed by atoms with Gasteiger partial charge >= 0.3 is 17.8 Å². The maximum Gasteiger partial charge on any atom is 0.431 e. The number of carbonyl (C=O) groups is 3. The van der Waals surface area contributed by atoms with Gasteiger partial charge in [0.25, 0.3) is 11.5 Å². The molecule has 1 unspecified atom stereocenters. The van der Waals surface area contributed by atoms with Gasteiger partial charge in [-0.2, -0.15) is 13.2 Å². The van der Waals surface area contributed by atoms with Gasteiger partial charge in [0.05, 0.1) is 18.5 Å². The molecule has 0 saturated carbocycles.